The molecule has 1 radical (unpaired) electrons. The molecule has 0 aliphatic carbocycles. The summed E-state index contributed by atoms with van der Waals surface area (Å²) < 4.78 is 6.86. The molecule has 0 bridgehead atoms. The van der Waals surface area contributed by atoms with Crippen molar-refractivity contribution in [2.24, 2.45) is 5.73 Å². The van der Waals surface area contributed by atoms with Gasteiger partial charge in [-0.2, -0.15) is 10.7 Å². The van der Waals surface area contributed by atoms with Gasteiger partial charge in [-0.3, -0.25) is 28.5 Å². The van der Waals surface area contributed by atoms with E-state index in [9.17, 15) is 38.8 Å². The standard InChI is InChI=1S/C39H51N13O9.C3H8.Y/c1-47(16-11-27-12-17-50(27)33(55)10-14-40)34-28-13-18-52(35(28)44-24-43-34)38(58)48(2)19-20-49(3)39(59)61-23-25-6-8-26(9-7-25)45-32(54)22-42-36(56)30-5-4-15-51(30)37(57)29(46-60)21-31(41)53;1-3-2;/h6-9,13,18,24,27,29-30,46,60H,4-5,10-12,15-17,19-23H2,1-3H3,(H2,41,53)(H,42,56)(H,45,54);3H2,1-2H3;. The van der Waals surface area contributed by atoms with E-state index in [4.69, 9.17) is 15.7 Å². The predicted octanol–water partition coefficient (Wildman–Crippen LogP) is 1.62. The summed E-state index contributed by atoms with van der Waals surface area (Å²) in [7, 11) is 5.05. The number of carbonyl (C=O) groups excluding carboxylic acids is 7. The molecule has 7 amide bonds. The van der Waals surface area contributed by atoms with Crippen molar-refractivity contribution >= 4 is 64.2 Å². The van der Waals surface area contributed by atoms with Crippen LogP contribution in [-0.4, -0.2) is 160 Å². The van der Waals surface area contributed by atoms with Crippen LogP contribution in [0, 0.1) is 11.3 Å². The molecule has 3 unspecified atom stereocenters. The van der Waals surface area contributed by atoms with Gasteiger partial charge in [0.05, 0.1) is 24.4 Å². The molecule has 3 atom stereocenters. The minimum Gasteiger partial charge on any atom is -0.445 e. The number of hydroxylamine groups is 1. The third-order valence-corrected chi connectivity index (χ3v) is 10.7. The number of amides is 7. The van der Waals surface area contributed by atoms with Crippen LogP contribution in [0.2, 0.25) is 0 Å². The number of ether oxygens (including phenoxy) is 1. The number of nitrogens with zero attached hydrogens (tertiary/aromatic N) is 9. The quantitative estimate of drug-likeness (QED) is 0.113. The first-order valence-electron chi connectivity index (χ1n) is 21.1. The molecule has 2 aliphatic heterocycles. The summed E-state index contributed by atoms with van der Waals surface area (Å²) in [6, 6.07) is 7.75. The predicted molar refractivity (Wildman–Crippen MR) is 233 cm³/mol. The van der Waals surface area contributed by atoms with Gasteiger partial charge in [0.15, 0.2) is 5.65 Å². The Kier molecular flexibility index (Phi) is 21.7. The molecule has 2 aromatic heterocycles. The number of likely N-dealkylation sites (N-methyl/N-ethyl adjacent to an activating group) is 2. The molecule has 3 aromatic rings. The largest absolute Gasteiger partial charge is 0.445 e. The first-order valence-corrected chi connectivity index (χ1v) is 21.1. The van der Waals surface area contributed by atoms with E-state index < -0.39 is 48.2 Å². The van der Waals surface area contributed by atoms with Crippen molar-refractivity contribution in [3.8, 4) is 6.07 Å². The zero-order valence-corrected chi connectivity index (χ0v) is 40.4. The SMILES string of the molecule is CCC.CN(CCN(C)C(=O)n1ccc2c(N(C)CCC3CCN3C(=O)CC#N)ncnc21)C(=O)OCc1ccc(NC(=O)CNC(=O)C2CCCN2C(=O)C(CC(N)=O)NO)cc1.[Y]. The fourth-order valence-corrected chi connectivity index (χ4v) is 7.08. The molecule has 0 saturated carbocycles. The van der Waals surface area contributed by atoms with Gasteiger partial charge in [0.2, 0.25) is 29.5 Å². The number of rotatable bonds is 18. The van der Waals surface area contributed by atoms with E-state index in [1.54, 1.807) is 61.0 Å². The molecule has 65 heavy (non-hydrogen) atoms. The van der Waals surface area contributed by atoms with Gasteiger partial charge in [-0.05, 0) is 49.4 Å². The number of hydrogen-bond acceptors (Lipinski definition) is 14. The minimum atomic E-state index is -1.29. The van der Waals surface area contributed by atoms with Crippen LogP contribution in [0.4, 0.5) is 21.1 Å². The maximum absolute atomic E-state index is 13.5. The minimum absolute atomic E-state index is 0. The Labute approximate surface area is 403 Å². The first kappa shape index (κ1) is 53.6. The summed E-state index contributed by atoms with van der Waals surface area (Å²) in [5.41, 5.74) is 8.39. The third-order valence-electron chi connectivity index (χ3n) is 10.7. The van der Waals surface area contributed by atoms with E-state index in [0.717, 1.165) is 6.42 Å². The molecule has 4 heterocycles. The molecular weight excluding hydrogens is 919 g/mol. The Bertz CT molecular complexity index is 2170. The van der Waals surface area contributed by atoms with Crippen molar-refractivity contribution in [1.82, 2.24) is 44.9 Å². The molecule has 2 saturated heterocycles. The Hall–Kier alpha value is -5.76. The fraction of sp³-hybridized carbons (Fsp3) is 0.524. The number of benzene rings is 1. The maximum Gasteiger partial charge on any atom is 0.409 e. The van der Waals surface area contributed by atoms with E-state index in [0.29, 0.717) is 60.5 Å². The topological polar surface area (TPSA) is 282 Å². The van der Waals surface area contributed by atoms with Gasteiger partial charge >= 0.3 is 12.1 Å². The van der Waals surface area contributed by atoms with Crippen LogP contribution in [0.3, 0.4) is 0 Å². The van der Waals surface area contributed by atoms with Crippen molar-refractivity contribution in [2.75, 3.05) is 70.6 Å². The Morgan fingerprint density at radius 3 is 2.29 bits per heavy atom. The molecule has 5 rings (SSSR count). The summed E-state index contributed by atoms with van der Waals surface area (Å²) in [6.45, 7) is 5.67. The van der Waals surface area contributed by atoms with Crippen molar-refractivity contribution in [3.63, 3.8) is 0 Å². The van der Waals surface area contributed by atoms with Crippen LogP contribution in [-0.2, 0) is 68.0 Å². The molecule has 22 nitrogen and oxygen atoms in total. The zero-order valence-electron chi connectivity index (χ0n) is 37.6. The molecule has 0 spiro atoms. The van der Waals surface area contributed by atoms with Gasteiger partial charge in [0.1, 0.15) is 37.3 Å². The summed E-state index contributed by atoms with van der Waals surface area (Å²) in [6.07, 6.45) is 5.52. The summed E-state index contributed by atoms with van der Waals surface area (Å²) in [5, 5.41) is 24.0. The van der Waals surface area contributed by atoms with Crippen LogP contribution in [0.1, 0.15) is 64.4 Å². The average molecular weight is 979 g/mol. The number of fused-ring (bicyclic) bond motifs is 1. The second-order valence-corrected chi connectivity index (χ2v) is 15.6. The Morgan fingerprint density at radius 2 is 1.66 bits per heavy atom. The number of nitriles is 1. The van der Waals surface area contributed by atoms with Crippen LogP contribution < -0.4 is 26.7 Å². The Balaban J connectivity index is 0.00000273. The van der Waals surface area contributed by atoms with E-state index in [-0.39, 0.29) is 89.9 Å². The van der Waals surface area contributed by atoms with E-state index >= 15 is 0 Å². The smallest absolute Gasteiger partial charge is 0.409 e. The molecule has 2 aliphatic rings. The summed E-state index contributed by atoms with van der Waals surface area (Å²) in [5.74, 6) is -2.06. The van der Waals surface area contributed by atoms with E-state index in [1.165, 1.54) is 32.0 Å². The third kappa shape index (κ3) is 14.9. The number of carbonyl (C=O) groups is 7. The van der Waals surface area contributed by atoms with Crippen LogP contribution in [0.15, 0.2) is 42.9 Å². The van der Waals surface area contributed by atoms with Crippen molar-refractivity contribution in [1.29, 1.82) is 5.26 Å². The van der Waals surface area contributed by atoms with Gasteiger partial charge in [-0.15, -0.1) is 0 Å². The molecular formula is C42H59N13O9Y. The zero-order chi connectivity index (χ0) is 46.9. The monoisotopic (exact) mass is 978 g/mol. The Morgan fingerprint density at radius 1 is 0.969 bits per heavy atom. The first-order chi connectivity index (χ1) is 30.6. The van der Waals surface area contributed by atoms with Gasteiger partial charge < -0.3 is 50.8 Å². The molecule has 349 valence electrons. The number of anilines is 2. The summed E-state index contributed by atoms with van der Waals surface area (Å²) >= 11 is 0. The number of primary amides is 1. The molecule has 2 fully saturated rings. The number of aromatic nitrogens is 3. The van der Waals surface area contributed by atoms with Gasteiger partial charge in [-0.1, -0.05) is 32.4 Å². The number of nitrogens with two attached hydrogens (primary N) is 1. The second-order valence-electron chi connectivity index (χ2n) is 15.6. The maximum atomic E-state index is 13.5. The van der Waals surface area contributed by atoms with E-state index in [1.807, 2.05) is 18.0 Å². The molecule has 23 heteroatoms. The van der Waals surface area contributed by atoms with Crippen LogP contribution >= 0.6 is 0 Å². The van der Waals surface area contributed by atoms with Gasteiger partial charge in [-0.25, -0.2) is 19.6 Å². The van der Waals surface area contributed by atoms with Crippen LogP contribution in [0.25, 0.3) is 11.0 Å². The molecule has 1 aromatic carbocycles. The van der Waals surface area contributed by atoms with E-state index in [2.05, 4.69) is 34.4 Å². The average Bonchev–Trinajstić information content (AvgIpc) is 3.94. The second kappa shape index (κ2) is 26.3. The normalized spacial score (nSPS) is 15.5. The molecule has 6 N–H and O–H groups in total. The van der Waals surface area contributed by atoms with Gasteiger partial charge in [0, 0.05) is 105 Å². The summed E-state index contributed by atoms with van der Waals surface area (Å²) in [4.78, 5) is 104. The van der Waals surface area contributed by atoms with Crippen molar-refractivity contribution in [3.05, 3.63) is 48.4 Å². The van der Waals surface area contributed by atoms with Crippen molar-refractivity contribution < 1.29 is 76.2 Å². The van der Waals surface area contributed by atoms with Crippen molar-refractivity contribution in [2.45, 2.75) is 83.5 Å². The number of likely N-dealkylation sites (tertiary alicyclic amines) is 2. The fourth-order valence-electron chi connectivity index (χ4n) is 7.08. The van der Waals surface area contributed by atoms with Crippen LogP contribution in [0.5, 0.6) is 0 Å². The number of nitrogens with one attached hydrogen (secondary N) is 3. The van der Waals surface area contributed by atoms with Gasteiger partial charge in [0.25, 0.3) is 0 Å². The number of hydrogen-bond donors (Lipinski definition) is 5.